The number of aromatic amines is 1. The minimum atomic E-state index is -3.19. The van der Waals surface area contributed by atoms with Crippen molar-refractivity contribution >= 4 is 50.7 Å². The number of guanidine groups is 1. The molecule has 0 radical (unpaired) electrons. The maximum atomic E-state index is 13.5. The van der Waals surface area contributed by atoms with Crippen LogP contribution in [0.2, 0.25) is 0 Å². The van der Waals surface area contributed by atoms with Crippen LogP contribution >= 0.6 is 24.0 Å². The van der Waals surface area contributed by atoms with Crippen molar-refractivity contribution in [1.29, 1.82) is 0 Å². The van der Waals surface area contributed by atoms with Gasteiger partial charge in [0.2, 0.25) is 0 Å². The SMILES string of the molecule is CN=C(NCCc1c[nH]c2ccc(F)cc12)NCc1ccc(S(C)(=O)=O)cc1.I. The second-order valence-corrected chi connectivity index (χ2v) is 8.54. The van der Waals surface area contributed by atoms with Gasteiger partial charge in [0.15, 0.2) is 15.8 Å². The third-order valence-corrected chi connectivity index (χ3v) is 5.58. The van der Waals surface area contributed by atoms with Gasteiger partial charge in [-0.05, 0) is 47.9 Å². The number of nitrogens with zero attached hydrogens (tertiary/aromatic N) is 1. The summed E-state index contributed by atoms with van der Waals surface area (Å²) in [6.45, 7) is 1.15. The van der Waals surface area contributed by atoms with E-state index in [0.29, 0.717) is 30.4 Å². The third kappa shape index (κ3) is 6.17. The number of nitrogens with one attached hydrogen (secondary N) is 3. The minimum Gasteiger partial charge on any atom is -0.361 e. The number of H-pyrrole nitrogens is 1. The lowest BCUT2D eigenvalue weighted by atomic mass is 10.1. The molecular weight excluding hydrogens is 506 g/mol. The quantitative estimate of drug-likeness (QED) is 0.260. The second kappa shape index (κ2) is 10.1. The lowest BCUT2D eigenvalue weighted by molar-refractivity contribution is 0.602. The maximum absolute atomic E-state index is 13.5. The van der Waals surface area contributed by atoms with Crippen molar-refractivity contribution in [1.82, 2.24) is 15.6 Å². The molecule has 0 saturated heterocycles. The first-order valence-electron chi connectivity index (χ1n) is 8.86. The van der Waals surface area contributed by atoms with Gasteiger partial charge in [-0.25, -0.2) is 12.8 Å². The highest BCUT2D eigenvalue weighted by Crippen LogP contribution is 2.19. The zero-order chi connectivity index (χ0) is 20.1. The molecule has 0 spiro atoms. The fourth-order valence-electron chi connectivity index (χ4n) is 2.93. The highest BCUT2D eigenvalue weighted by molar-refractivity contribution is 14.0. The van der Waals surface area contributed by atoms with Crippen molar-refractivity contribution in [2.45, 2.75) is 17.9 Å². The zero-order valence-corrected chi connectivity index (χ0v) is 19.3. The van der Waals surface area contributed by atoms with Crippen molar-refractivity contribution in [3.63, 3.8) is 0 Å². The Hall–Kier alpha value is -2.14. The molecule has 0 saturated carbocycles. The molecule has 3 N–H and O–H groups in total. The first-order valence-corrected chi connectivity index (χ1v) is 10.7. The van der Waals surface area contributed by atoms with Gasteiger partial charge in [-0.15, -0.1) is 24.0 Å². The summed E-state index contributed by atoms with van der Waals surface area (Å²) in [5.41, 5.74) is 2.90. The van der Waals surface area contributed by atoms with E-state index in [4.69, 9.17) is 0 Å². The summed E-state index contributed by atoms with van der Waals surface area (Å²) in [7, 11) is -1.51. The largest absolute Gasteiger partial charge is 0.361 e. The molecule has 0 aliphatic carbocycles. The highest BCUT2D eigenvalue weighted by Gasteiger charge is 2.07. The number of fused-ring (bicyclic) bond motifs is 1. The molecule has 0 bridgehead atoms. The Morgan fingerprint density at radius 1 is 1.14 bits per heavy atom. The van der Waals surface area contributed by atoms with Crippen molar-refractivity contribution < 1.29 is 12.8 Å². The van der Waals surface area contributed by atoms with E-state index in [1.807, 2.05) is 6.20 Å². The van der Waals surface area contributed by atoms with E-state index in [9.17, 15) is 12.8 Å². The monoisotopic (exact) mass is 530 g/mol. The molecule has 6 nitrogen and oxygen atoms in total. The van der Waals surface area contributed by atoms with Crippen LogP contribution in [0.15, 0.2) is 58.5 Å². The van der Waals surface area contributed by atoms with Crippen LogP contribution in [0.4, 0.5) is 4.39 Å². The number of aliphatic imine (C=N–C) groups is 1. The topological polar surface area (TPSA) is 86.3 Å². The molecule has 3 rings (SSSR count). The van der Waals surface area contributed by atoms with E-state index in [1.54, 1.807) is 37.4 Å². The van der Waals surface area contributed by atoms with Gasteiger partial charge in [-0.1, -0.05) is 12.1 Å². The smallest absolute Gasteiger partial charge is 0.191 e. The Balaban J connectivity index is 0.00000300. The van der Waals surface area contributed by atoms with Crippen LogP contribution in [0.25, 0.3) is 10.9 Å². The fourth-order valence-corrected chi connectivity index (χ4v) is 3.56. The predicted molar refractivity (Wildman–Crippen MR) is 125 cm³/mol. The third-order valence-electron chi connectivity index (χ3n) is 4.45. The summed E-state index contributed by atoms with van der Waals surface area (Å²) >= 11 is 0. The van der Waals surface area contributed by atoms with Crippen LogP contribution in [-0.2, 0) is 22.8 Å². The molecule has 0 aliphatic rings. The average molecular weight is 530 g/mol. The fraction of sp³-hybridized carbons (Fsp3) is 0.250. The molecule has 1 heterocycles. The molecule has 2 aromatic carbocycles. The number of sulfone groups is 1. The van der Waals surface area contributed by atoms with E-state index < -0.39 is 9.84 Å². The Morgan fingerprint density at radius 2 is 1.86 bits per heavy atom. The summed E-state index contributed by atoms with van der Waals surface area (Å²) < 4.78 is 36.5. The molecule has 0 fully saturated rings. The molecule has 29 heavy (non-hydrogen) atoms. The highest BCUT2D eigenvalue weighted by atomic mass is 127. The second-order valence-electron chi connectivity index (χ2n) is 6.52. The van der Waals surface area contributed by atoms with Gasteiger partial charge in [-0.3, -0.25) is 4.99 Å². The molecule has 0 aliphatic heterocycles. The number of hydrogen-bond donors (Lipinski definition) is 3. The Kier molecular flexibility index (Phi) is 8.03. The Morgan fingerprint density at radius 3 is 2.52 bits per heavy atom. The first kappa shape index (κ1) is 23.1. The number of aromatic nitrogens is 1. The van der Waals surface area contributed by atoms with Crippen molar-refractivity contribution in [3.8, 4) is 0 Å². The number of benzene rings is 2. The summed E-state index contributed by atoms with van der Waals surface area (Å²) in [6, 6.07) is 11.5. The molecule has 3 aromatic rings. The van der Waals surface area contributed by atoms with Gasteiger partial charge in [0, 0.05) is 43.5 Å². The number of hydrogen-bond acceptors (Lipinski definition) is 3. The lowest BCUT2D eigenvalue weighted by Gasteiger charge is -2.12. The molecule has 1 aromatic heterocycles. The van der Waals surface area contributed by atoms with Crippen molar-refractivity contribution in [3.05, 3.63) is 65.6 Å². The normalized spacial score (nSPS) is 11.9. The molecule has 0 atom stereocenters. The molecule has 9 heteroatoms. The summed E-state index contributed by atoms with van der Waals surface area (Å²) in [5, 5.41) is 7.31. The number of halogens is 2. The van der Waals surface area contributed by atoms with E-state index in [2.05, 4.69) is 20.6 Å². The average Bonchev–Trinajstić information content (AvgIpc) is 3.06. The summed E-state index contributed by atoms with van der Waals surface area (Å²) in [6.07, 6.45) is 3.80. The Bertz CT molecular complexity index is 1100. The van der Waals surface area contributed by atoms with Crippen LogP contribution in [0.5, 0.6) is 0 Å². The van der Waals surface area contributed by atoms with E-state index in [1.165, 1.54) is 18.4 Å². The minimum absolute atomic E-state index is 0. The van der Waals surface area contributed by atoms with Gasteiger partial charge >= 0.3 is 0 Å². The molecular formula is C20H24FIN4O2S. The van der Waals surface area contributed by atoms with Gasteiger partial charge in [0.05, 0.1) is 4.90 Å². The zero-order valence-electron chi connectivity index (χ0n) is 16.2. The summed E-state index contributed by atoms with van der Waals surface area (Å²) in [4.78, 5) is 7.63. The summed E-state index contributed by atoms with van der Waals surface area (Å²) in [5.74, 6) is 0.388. The lowest BCUT2D eigenvalue weighted by Crippen LogP contribution is -2.37. The molecule has 156 valence electrons. The van der Waals surface area contributed by atoms with Gasteiger partial charge in [0.25, 0.3) is 0 Å². The Labute approximate surface area is 186 Å². The first-order chi connectivity index (χ1) is 13.4. The predicted octanol–water partition coefficient (Wildman–Crippen LogP) is 3.24. The van der Waals surface area contributed by atoms with Crippen molar-refractivity contribution in [2.75, 3.05) is 19.8 Å². The van der Waals surface area contributed by atoms with Gasteiger partial charge in [-0.2, -0.15) is 0 Å². The van der Waals surface area contributed by atoms with Gasteiger partial charge < -0.3 is 15.6 Å². The van der Waals surface area contributed by atoms with Gasteiger partial charge in [0.1, 0.15) is 5.82 Å². The molecule has 0 amide bonds. The van der Waals surface area contributed by atoms with Crippen LogP contribution in [0.1, 0.15) is 11.1 Å². The van der Waals surface area contributed by atoms with Crippen molar-refractivity contribution in [2.24, 2.45) is 4.99 Å². The van der Waals surface area contributed by atoms with E-state index >= 15 is 0 Å². The maximum Gasteiger partial charge on any atom is 0.191 e. The van der Waals surface area contributed by atoms with E-state index in [0.717, 1.165) is 22.0 Å². The number of rotatable bonds is 6. The van der Waals surface area contributed by atoms with Crippen LogP contribution < -0.4 is 10.6 Å². The van der Waals surface area contributed by atoms with Crippen LogP contribution in [0, 0.1) is 5.82 Å². The van der Waals surface area contributed by atoms with Crippen LogP contribution in [-0.4, -0.2) is 39.2 Å². The van der Waals surface area contributed by atoms with Crippen LogP contribution in [0.3, 0.4) is 0 Å². The standard InChI is InChI=1S/C20H23FN4O2S.HI/c1-22-20(25-12-14-3-6-17(7-4-14)28(2,26)27)23-10-9-15-13-24-19-8-5-16(21)11-18(15)19;/h3-8,11,13,24H,9-10,12H2,1-2H3,(H2,22,23,25);1H. The molecule has 0 unspecified atom stereocenters. The van der Waals surface area contributed by atoms with E-state index in [-0.39, 0.29) is 29.8 Å².